The Hall–Kier alpha value is -4.16. The number of nitrogens with one attached hydrogen (secondary N) is 2. The molecule has 0 aliphatic rings. The van der Waals surface area contributed by atoms with Crippen LogP contribution in [0.1, 0.15) is 16.7 Å². The monoisotopic (exact) mass is 364 g/mol. The van der Waals surface area contributed by atoms with Crippen molar-refractivity contribution in [2.24, 2.45) is 0 Å². The Bertz CT molecular complexity index is 1460. The molecule has 6 heteroatoms. The van der Waals surface area contributed by atoms with Gasteiger partial charge < -0.3 is 9.97 Å². The van der Waals surface area contributed by atoms with Gasteiger partial charge in [-0.15, -0.1) is 0 Å². The van der Waals surface area contributed by atoms with Crippen molar-refractivity contribution in [2.45, 2.75) is 13.8 Å². The van der Waals surface area contributed by atoms with E-state index in [4.69, 9.17) is 0 Å². The van der Waals surface area contributed by atoms with E-state index in [0.29, 0.717) is 27.6 Å². The number of aryl methyl sites for hydroxylation is 2. The van der Waals surface area contributed by atoms with E-state index in [-0.39, 0.29) is 0 Å². The molecule has 0 atom stereocenters. The summed E-state index contributed by atoms with van der Waals surface area (Å²) in [4.78, 5) is 15.3. The van der Waals surface area contributed by atoms with Crippen molar-refractivity contribution >= 4 is 39.3 Å². The van der Waals surface area contributed by atoms with Crippen LogP contribution in [0.2, 0.25) is 0 Å². The van der Waals surface area contributed by atoms with E-state index in [9.17, 15) is 10.5 Å². The largest absolute Gasteiger partial charge is 0.340 e. The van der Waals surface area contributed by atoms with Gasteiger partial charge >= 0.3 is 0 Å². The van der Waals surface area contributed by atoms with Gasteiger partial charge in [0.05, 0.1) is 17.7 Å². The first-order valence-electron chi connectivity index (χ1n) is 8.72. The second-order valence-corrected chi connectivity index (χ2v) is 6.50. The van der Waals surface area contributed by atoms with Gasteiger partial charge in [0.25, 0.3) is 0 Å². The van der Waals surface area contributed by atoms with Crippen LogP contribution in [0.3, 0.4) is 0 Å². The van der Waals surface area contributed by atoms with Crippen LogP contribution in [0.25, 0.3) is 39.3 Å². The molecular formula is C22H16N6. The Morgan fingerprint density at radius 2 is 1.86 bits per heavy atom. The number of aromatic amines is 2. The molecule has 0 aliphatic heterocycles. The molecule has 4 rings (SSSR count). The van der Waals surface area contributed by atoms with E-state index in [1.807, 2.05) is 32.0 Å². The van der Waals surface area contributed by atoms with Crippen LogP contribution in [0.15, 0.2) is 42.6 Å². The van der Waals surface area contributed by atoms with Crippen LogP contribution < -0.4 is 5.22 Å². The van der Waals surface area contributed by atoms with Gasteiger partial charge in [-0.3, -0.25) is 0 Å². The molecule has 6 bridgehead atoms. The van der Waals surface area contributed by atoms with Crippen molar-refractivity contribution < 1.29 is 0 Å². The molecule has 2 aromatic heterocycles. The molecule has 4 aromatic rings. The van der Waals surface area contributed by atoms with Gasteiger partial charge in [-0.25, -0.2) is 4.98 Å². The molecular weight excluding hydrogens is 348 g/mol. The Balaban J connectivity index is 2.44. The summed E-state index contributed by atoms with van der Waals surface area (Å²) in [6.45, 7) is 4.01. The number of fused-ring (bicyclic) bond motifs is 6. The number of benzene rings is 2. The summed E-state index contributed by atoms with van der Waals surface area (Å²) >= 11 is 0. The lowest BCUT2D eigenvalue weighted by molar-refractivity contribution is 1.19. The first-order chi connectivity index (χ1) is 13.6. The maximum Gasteiger partial charge on any atom is 0.229 e. The topological polar surface area (TPSA) is 105 Å². The number of H-pyrrole nitrogens is 2. The van der Waals surface area contributed by atoms with Crippen molar-refractivity contribution in [1.82, 2.24) is 19.9 Å². The number of nitriles is 2. The molecule has 0 unspecified atom stereocenters. The molecule has 2 N–H and O–H groups in total. The van der Waals surface area contributed by atoms with Crippen LogP contribution in [-0.2, 0) is 0 Å². The average molecular weight is 364 g/mol. The highest BCUT2D eigenvalue weighted by atomic mass is 15.0. The summed E-state index contributed by atoms with van der Waals surface area (Å²) in [5.41, 5.74) is 4.85. The highest BCUT2D eigenvalue weighted by Gasteiger charge is 2.05. The van der Waals surface area contributed by atoms with Gasteiger partial charge in [0.2, 0.25) is 5.78 Å². The van der Waals surface area contributed by atoms with Gasteiger partial charge in [-0.2, -0.15) is 15.5 Å². The zero-order valence-corrected chi connectivity index (χ0v) is 15.4. The summed E-state index contributed by atoms with van der Waals surface area (Å²) in [5.74, 6) is 0.443. The van der Waals surface area contributed by atoms with Crippen LogP contribution in [0.5, 0.6) is 0 Å². The van der Waals surface area contributed by atoms with E-state index < -0.39 is 0 Å². The quantitative estimate of drug-likeness (QED) is 0.495. The smallest absolute Gasteiger partial charge is 0.229 e. The average Bonchev–Trinajstić information content (AvgIpc) is 2.70. The number of aromatic nitrogens is 4. The summed E-state index contributed by atoms with van der Waals surface area (Å²) in [5, 5.41) is 21.3. The third-order valence-electron chi connectivity index (χ3n) is 4.77. The fourth-order valence-corrected chi connectivity index (χ4v) is 3.38. The Morgan fingerprint density at radius 1 is 1.00 bits per heavy atom. The lowest BCUT2D eigenvalue weighted by Gasteiger charge is -2.07. The van der Waals surface area contributed by atoms with Gasteiger partial charge in [-0.1, -0.05) is 12.1 Å². The highest BCUT2D eigenvalue weighted by Crippen LogP contribution is 2.18. The second kappa shape index (κ2) is 6.86. The Kier molecular flexibility index (Phi) is 4.23. The minimum Gasteiger partial charge on any atom is -0.340 e. The molecule has 0 fully saturated rings. The molecule has 0 aliphatic carbocycles. The minimum absolute atomic E-state index is 0.443. The molecule has 0 spiro atoms. The molecule has 134 valence electrons. The van der Waals surface area contributed by atoms with E-state index in [0.717, 1.165) is 27.5 Å². The molecule has 2 heterocycles. The van der Waals surface area contributed by atoms with Gasteiger partial charge in [0.15, 0.2) is 0 Å². The summed E-state index contributed by atoms with van der Waals surface area (Å²) < 4.78 is 0. The SMILES string of the molecule is Cc1ccc2c(C)c1[nH]c1ccnc(n1)[nH]c1ccc(C#N)c(c1)/c2=C/C#N. The zero-order valence-electron chi connectivity index (χ0n) is 15.4. The van der Waals surface area contributed by atoms with E-state index in [2.05, 4.69) is 32.1 Å². The van der Waals surface area contributed by atoms with E-state index >= 15 is 0 Å². The van der Waals surface area contributed by atoms with Crippen molar-refractivity contribution in [1.29, 1.82) is 10.5 Å². The fourth-order valence-electron chi connectivity index (χ4n) is 3.38. The maximum atomic E-state index is 9.62. The van der Waals surface area contributed by atoms with Crippen LogP contribution in [0.4, 0.5) is 0 Å². The molecule has 6 nitrogen and oxygen atoms in total. The number of hydrogen-bond acceptors (Lipinski definition) is 4. The zero-order chi connectivity index (χ0) is 19.7. The minimum atomic E-state index is 0.443. The van der Waals surface area contributed by atoms with Crippen molar-refractivity contribution in [3.05, 3.63) is 64.5 Å². The van der Waals surface area contributed by atoms with E-state index in [1.54, 1.807) is 24.4 Å². The predicted octanol–water partition coefficient (Wildman–Crippen LogP) is 3.79. The predicted molar refractivity (Wildman–Crippen MR) is 109 cm³/mol. The van der Waals surface area contributed by atoms with Crippen LogP contribution in [0, 0.1) is 36.5 Å². The molecule has 0 amide bonds. The van der Waals surface area contributed by atoms with Crippen molar-refractivity contribution in [2.75, 3.05) is 0 Å². The standard InChI is InChI=1S/C22H16N6/c1-13-3-6-17-14(2)21(13)27-20-8-10-25-22(28-20)26-16-5-4-15(12-24)19(11-16)18(17)7-9-23/h3-8,10-11H,1-2H3,(H2,25,26,27,28)/b18-7+. The third kappa shape index (κ3) is 2.94. The molecule has 2 aromatic carbocycles. The maximum absolute atomic E-state index is 9.62. The van der Waals surface area contributed by atoms with Gasteiger partial charge in [0, 0.05) is 33.9 Å². The molecule has 0 saturated heterocycles. The first kappa shape index (κ1) is 17.3. The molecule has 28 heavy (non-hydrogen) atoms. The number of rotatable bonds is 0. The Labute approximate surface area is 160 Å². The number of nitrogens with zero attached hydrogens (tertiary/aromatic N) is 4. The summed E-state index contributed by atoms with van der Waals surface area (Å²) in [6.07, 6.45) is 3.17. The first-order valence-corrected chi connectivity index (χ1v) is 8.72. The summed E-state index contributed by atoms with van der Waals surface area (Å²) in [7, 11) is 0. The van der Waals surface area contributed by atoms with Crippen LogP contribution >= 0.6 is 0 Å². The van der Waals surface area contributed by atoms with Gasteiger partial charge in [0.1, 0.15) is 5.65 Å². The second-order valence-electron chi connectivity index (χ2n) is 6.50. The van der Waals surface area contributed by atoms with Crippen LogP contribution in [-0.4, -0.2) is 19.9 Å². The highest BCUT2D eigenvalue weighted by molar-refractivity contribution is 5.85. The number of hydrogen-bond donors (Lipinski definition) is 2. The summed E-state index contributed by atoms with van der Waals surface area (Å²) in [6, 6.07) is 15.5. The molecule has 0 saturated carbocycles. The van der Waals surface area contributed by atoms with Crippen molar-refractivity contribution in [3.8, 4) is 12.1 Å². The van der Waals surface area contributed by atoms with Gasteiger partial charge in [-0.05, 0) is 54.6 Å². The van der Waals surface area contributed by atoms with E-state index in [1.165, 1.54) is 6.08 Å². The Morgan fingerprint density at radius 3 is 2.64 bits per heavy atom. The fraction of sp³-hybridized carbons (Fsp3) is 0.0909. The third-order valence-corrected chi connectivity index (χ3v) is 4.77. The van der Waals surface area contributed by atoms with Crippen molar-refractivity contribution in [3.63, 3.8) is 0 Å². The molecule has 0 radical (unpaired) electrons. The lowest BCUT2D eigenvalue weighted by atomic mass is 10.0. The normalized spacial score (nSPS) is 11.4. The lowest BCUT2D eigenvalue weighted by Crippen LogP contribution is -2.06.